The number of para-hydroxylation sites is 1. The summed E-state index contributed by atoms with van der Waals surface area (Å²) in [5.74, 6) is -0.675. The molecular weight excluding hydrogens is 218 g/mol. The monoisotopic (exact) mass is 223 g/mol. The van der Waals surface area contributed by atoms with Gasteiger partial charge in [0.2, 0.25) is 0 Å². The number of benzene rings is 1. The first-order valence-corrected chi connectivity index (χ1v) is 4.75. The molecule has 6 nitrogen and oxygen atoms in total. The van der Waals surface area contributed by atoms with Crippen molar-refractivity contribution < 1.29 is 9.72 Å². The van der Waals surface area contributed by atoms with Crippen molar-refractivity contribution in [3.8, 4) is 0 Å². The summed E-state index contributed by atoms with van der Waals surface area (Å²) < 4.78 is 0.581. The molecule has 76 valence electrons. The lowest BCUT2D eigenvalue weighted by molar-refractivity contribution is -0.383. The number of non-ortho nitro benzene ring substituents is 1. The first kappa shape index (κ1) is 9.53. The first-order valence-electron chi connectivity index (χ1n) is 3.93. The second-order valence-corrected chi connectivity index (χ2v) is 3.79. The van der Waals surface area contributed by atoms with Crippen LogP contribution in [0.15, 0.2) is 18.2 Å². The van der Waals surface area contributed by atoms with E-state index in [0.717, 1.165) is 11.3 Å². The van der Waals surface area contributed by atoms with Gasteiger partial charge in [-0.05, 0) is 6.07 Å². The van der Waals surface area contributed by atoms with Gasteiger partial charge in [-0.2, -0.15) is 0 Å². The van der Waals surface area contributed by atoms with Crippen molar-refractivity contribution in [3.63, 3.8) is 0 Å². The molecule has 0 aliphatic carbocycles. The van der Waals surface area contributed by atoms with Gasteiger partial charge in [-0.15, -0.1) is 11.3 Å². The molecule has 0 unspecified atom stereocenters. The van der Waals surface area contributed by atoms with Crippen LogP contribution in [0, 0.1) is 10.1 Å². The van der Waals surface area contributed by atoms with Crippen molar-refractivity contribution in [2.45, 2.75) is 0 Å². The van der Waals surface area contributed by atoms with E-state index in [2.05, 4.69) is 4.98 Å². The Morgan fingerprint density at radius 1 is 1.53 bits per heavy atom. The highest BCUT2D eigenvalue weighted by Crippen LogP contribution is 2.28. The summed E-state index contributed by atoms with van der Waals surface area (Å²) in [6.45, 7) is 0. The number of hydrogen-bond acceptors (Lipinski definition) is 5. The van der Waals surface area contributed by atoms with Crippen molar-refractivity contribution in [2.24, 2.45) is 5.73 Å². The third-order valence-electron chi connectivity index (χ3n) is 1.81. The van der Waals surface area contributed by atoms with Gasteiger partial charge < -0.3 is 5.73 Å². The Kier molecular flexibility index (Phi) is 2.09. The van der Waals surface area contributed by atoms with E-state index in [4.69, 9.17) is 5.73 Å². The number of amides is 1. The second kappa shape index (κ2) is 3.28. The Hall–Kier alpha value is -2.02. The zero-order valence-corrected chi connectivity index (χ0v) is 8.15. The molecule has 2 N–H and O–H groups in total. The number of nitrogens with two attached hydrogens (primary N) is 1. The Morgan fingerprint density at radius 2 is 2.27 bits per heavy atom. The molecule has 15 heavy (non-hydrogen) atoms. The summed E-state index contributed by atoms with van der Waals surface area (Å²) in [5, 5.41) is 10.7. The molecule has 0 saturated carbocycles. The maximum atomic E-state index is 10.9. The lowest BCUT2D eigenvalue weighted by atomic mass is 10.3. The number of carbonyl (C=O) groups excluding carboxylic acids is 1. The van der Waals surface area contributed by atoms with Crippen molar-refractivity contribution in [3.05, 3.63) is 33.3 Å². The predicted molar refractivity (Wildman–Crippen MR) is 54.8 cm³/mol. The molecule has 0 bridgehead atoms. The van der Waals surface area contributed by atoms with Crippen LogP contribution >= 0.6 is 11.3 Å². The minimum Gasteiger partial charge on any atom is -0.364 e. The Balaban J connectivity index is 2.75. The van der Waals surface area contributed by atoms with Gasteiger partial charge in [-0.1, -0.05) is 6.07 Å². The van der Waals surface area contributed by atoms with Crippen LogP contribution in [0.4, 0.5) is 5.69 Å². The minimum atomic E-state index is -0.675. The van der Waals surface area contributed by atoms with Crippen LogP contribution in [0.25, 0.3) is 10.2 Å². The topological polar surface area (TPSA) is 99.1 Å². The van der Waals surface area contributed by atoms with E-state index < -0.39 is 10.8 Å². The molecule has 2 aromatic rings. The van der Waals surface area contributed by atoms with Crippen molar-refractivity contribution >= 4 is 33.1 Å². The van der Waals surface area contributed by atoms with E-state index in [0.29, 0.717) is 4.70 Å². The second-order valence-electron chi connectivity index (χ2n) is 2.76. The van der Waals surface area contributed by atoms with E-state index in [1.165, 1.54) is 6.07 Å². The lowest BCUT2D eigenvalue weighted by Crippen LogP contribution is -2.09. The molecule has 0 radical (unpaired) electrons. The van der Waals surface area contributed by atoms with Crippen molar-refractivity contribution in [1.82, 2.24) is 4.98 Å². The van der Waals surface area contributed by atoms with Gasteiger partial charge in [-0.3, -0.25) is 14.9 Å². The van der Waals surface area contributed by atoms with Crippen LogP contribution in [0.2, 0.25) is 0 Å². The highest BCUT2D eigenvalue weighted by Gasteiger charge is 2.17. The average Bonchev–Trinajstić information content (AvgIpc) is 2.60. The van der Waals surface area contributed by atoms with E-state index in [1.54, 1.807) is 12.1 Å². The normalized spacial score (nSPS) is 10.4. The molecular formula is C8H5N3O3S. The van der Waals surface area contributed by atoms with Crippen LogP contribution < -0.4 is 5.73 Å². The zero-order valence-electron chi connectivity index (χ0n) is 7.34. The number of fused-ring (bicyclic) bond motifs is 1. The third kappa shape index (κ3) is 1.52. The number of primary amides is 1. The summed E-state index contributed by atoms with van der Waals surface area (Å²) in [6.07, 6.45) is 0. The minimum absolute atomic E-state index is 0.0827. The standard InChI is InChI=1S/C8H5N3O3S/c9-7(12)8-10-6-4(11(13)14)2-1-3-5(6)15-8/h1-3H,(H2,9,12). The highest BCUT2D eigenvalue weighted by molar-refractivity contribution is 7.20. The van der Waals surface area contributed by atoms with Gasteiger partial charge in [0.25, 0.3) is 11.6 Å². The van der Waals surface area contributed by atoms with Crippen LogP contribution in [-0.4, -0.2) is 15.8 Å². The van der Waals surface area contributed by atoms with Crippen LogP contribution in [0.3, 0.4) is 0 Å². The summed E-state index contributed by atoms with van der Waals surface area (Å²) in [4.78, 5) is 24.8. The molecule has 0 saturated heterocycles. The van der Waals surface area contributed by atoms with Gasteiger partial charge in [0, 0.05) is 6.07 Å². The first-order chi connectivity index (χ1) is 7.09. The number of hydrogen-bond donors (Lipinski definition) is 1. The number of aromatic nitrogens is 1. The largest absolute Gasteiger partial charge is 0.364 e. The van der Waals surface area contributed by atoms with E-state index >= 15 is 0 Å². The fraction of sp³-hybridized carbons (Fsp3) is 0. The smallest absolute Gasteiger partial charge is 0.296 e. The molecule has 1 heterocycles. The van der Waals surface area contributed by atoms with Gasteiger partial charge >= 0.3 is 0 Å². The molecule has 0 aliphatic heterocycles. The number of carbonyl (C=O) groups is 1. The quantitative estimate of drug-likeness (QED) is 0.612. The van der Waals surface area contributed by atoms with Gasteiger partial charge in [0.15, 0.2) is 10.5 Å². The Labute approximate surface area is 87.5 Å². The SMILES string of the molecule is NC(=O)c1nc2c([N+](=O)[O-])cccc2s1. The summed E-state index contributed by atoms with van der Waals surface area (Å²) in [7, 11) is 0. The molecule has 2 rings (SSSR count). The molecule has 0 spiro atoms. The highest BCUT2D eigenvalue weighted by atomic mass is 32.1. The lowest BCUT2D eigenvalue weighted by Gasteiger charge is -1.90. The molecule has 0 fully saturated rings. The number of nitro groups is 1. The molecule has 1 aromatic carbocycles. The molecule has 7 heteroatoms. The van der Waals surface area contributed by atoms with E-state index in [9.17, 15) is 14.9 Å². The number of nitrogens with zero attached hydrogens (tertiary/aromatic N) is 2. The Bertz CT molecular complexity index is 563. The van der Waals surface area contributed by atoms with Gasteiger partial charge in [-0.25, -0.2) is 4.98 Å². The molecule has 0 atom stereocenters. The van der Waals surface area contributed by atoms with Crippen LogP contribution in [-0.2, 0) is 0 Å². The molecule has 0 aliphatic rings. The maximum Gasteiger partial charge on any atom is 0.296 e. The summed E-state index contributed by atoms with van der Waals surface area (Å²) >= 11 is 1.05. The molecule has 1 amide bonds. The number of thiazole rings is 1. The summed E-state index contributed by atoms with van der Waals surface area (Å²) in [6, 6.07) is 4.54. The van der Waals surface area contributed by atoms with Crippen LogP contribution in [0.5, 0.6) is 0 Å². The number of nitro benzene ring substituents is 1. The third-order valence-corrected chi connectivity index (χ3v) is 2.84. The fourth-order valence-electron chi connectivity index (χ4n) is 1.19. The van der Waals surface area contributed by atoms with Crippen molar-refractivity contribution in [1.29, 1.82) is 0 Å². The van der Waals surface area contributed by atoms with E-state index in [-0.39, 0.29) is 16.2 Å². The average molecular weight is 223 g/mol. The van der Waals surface area contributed by atoms with Crippen molar-refractivity contribution in [2.75, 3.05) is 0 Å². The predicted octanol–water partition coefficient (Wildman–Crippen LogP) is 1.30. The van der Waals surface area contributed by atoms with Crippen LogP contribution in [0.1, 0.15) is 9.80 Å². The number of rotatable bonds is 2. The zero-order chi connectivity index (χ0) is 11.0. The Morgan fingerprint density at radius 3 is 2.87 bits per heavy atom. The molecule has 1 aromatic heterocycles. The maximum absolute atomic E-state index is 10.9. The van der Waals surface area contributed by atoms with Gasteiger partial charge in [0.1, 0.15) is 0 Å². The fourth-order valence-corrected chi connectivity index (χ4v) is 2.03. The summed E-state index contributed by atoms with van der Waals surface area (Å²) in [5.41, 5.74) is 5.14. The van der Waals surface area contributed by atoms with Gasteiger partial charge in [0.05, 0.1) is 9.62 Å². The van der Waals surface area contributed by atoms with E-state index in [1.807, 2.05) is 0 Å².